The molecule has 0 N–H and O–H groups in total. The monoisotopic (exact) mass is 297 g/mol. The van der Waals surface area contributed by atoms with Gasteiger partial charge in [0.15, 0.2) is 0 Å². The first kappa shape index (κ1) is 19.2. The summed E-state index contributed by atoms with van der Waals surface area (Å²) in [4.78, 5) is 25.2. The summed E-state index contributed by atoms with van der Waals surface area (Å²) >= 11 is 0. The predicted octanol–water partition coefficient (Wildman–Crippen LogP) is 3.31. The van der Waals surface area contributed by atoms with E-state index < -0.39 is 11.7 Å². The van der Waals surface area contributed by atoms with Crippen LogP contribution in [0.25, 0.3) is 0 Å². The van der Waals surface area contributed by atoms with Crippen LogP contribution >= 0.6 is 0 Å². The van der Waals surface area contributed by atoms with Crippen molar-refractivity contribution in [1.82, 2.24) is 4.90 Å². The molecule has 0 saturated heterocycles. The van der Waals surface area contributed by atoms with Gasteiger partial charge in [-0.25, -0.2) is 9.59 Å². The van der Waals surface area contributed by atoms with Crippen molar-refractivity contribution in [1.29, 1.82) is 0 Å². The number of rotatable bonds is 6. The number of amides is 1. The highest BCUT2D eigenvalue weighted by Crippen LogP contribution is 2.14. The Morgan fingerprint density at radius 1 is 1.33 bits per heavy atom. The van der Waals surface area contributed by atoms with E-state index in [4.69, 9.17) is 9.47 Å². The van der Waals surface area contributed by atoms with Gasteiger partial charge in [-0.3, -0.25) is 0 Å². The lowest BCUT2D eigenvalue weighted by Crippen LogP contribution is -2.40. The highest BCUT2D eigenvalue weighted by atomic mass is 16.6. The van der Waals surface area contributed by atoms with Gasteiger partial charge < -0.3 is 14.4 Å². The minimum absolute atomic E-state index is 0.304. The molecular formula is C16H27NO4. The van der Waals surface area contributed by atoms with Gasteiger partial charge in [0, 0.05) is 12.6 Å². The SMILES string of the molecule is C=CC[C@@H](C=C(C)C(=O)OCC)N(C)C(=O)OC(C)(C)C. The standard InChI is InChI=1S/C16H27NO4/c1-8-10-13(11-12(3)14(18)20-9-2)17(7)15(19)21-16(4,5)6/h8,11,13H,1,9-10H2,2-7H3/t13-/m0/s1. The average molecular weight is 297 g/mol. The Hall–Kier alpha value is -1.78. The largest absolute Gasteiger partial charge is 0.463 e. The highest BCUT2D eigenvalue weighted by molar-refractivity contribution is 5.88. The van der Waals surface area contributed by atoms with E-state index in [-0.39, 0.29) is 12.0 Å². The van der Waals surface area contributed by atoms with Crippen molar-refractivity contribution in [3.8, 4) is 0 Å². The molecule has 0 bridgehead atoms. The summed E-state index contributed by atoms with van der Waals surface area (Å²) in [5.74, 6) is -0.385. The first-order valence-electron chi connectivity index (χ1n) is 7.04. The summed E-state index contributed by atoms with van der Waals surface area (Å²) in [7, 11) is 1.64. The van der Waals surface area contributed by atoms with Crippen LogP contribution in [-0.2, 0) is 14.3 Å². The Kier molecular flexibility index (Phi) is 7.77. The molecule has 0 aromatic rings. The van der Waals surface area contributed by atoms with E-state index in [0.717, 1.165) is 0 Å². The van der Waals surface area contributed by atoms with Gasteiger partial charge in [-0.05, 0) is 41.0 Å². The maximum absolute atomic E-state index is 12.1. The van der Waals surface area contributed by atoms with Crippen LogP contribution in [-0.4, -0.2) is 42.3 Å². The quantitative estimate of drug-likeness (QED) is 0.429. The van der Waals surface area contributed by atoms with Gasteiger partial charge in [0.25, 0.3) is 0 Å². The molecule has 0 spiro atoms. The smallest absolute Gasteiger partial charge is 0.410 e. The van der Waals surface area contributed by atoms with E-state index >= 15 is 0 Å². The minimum atomic E-state index is -0.566. The number of ether oxygens (including phenoxy) is 2. The normalized spacial score (nSPS) is 13.3. The second-order valence-electron chi connectivity index (χ2n) is 5.75. The van der Waals surface area contributed by atoms with Crippen LogP contribution in [0.5, 0.6) is 0 Å². The molecule has 0 aromatic carbocycles. The molecule has 0 unspecified atom stereocenters. The van der Waals surface area contributed by atoms with Crippen LogP contribution < -0.4 is 0 Å². The summed E-state index contributed by atoms with van der Waals surface area (Å²) in [6.07, 6.45) is 3.47. The molecule has 120 valence electrons. The third-order valence-electron chi connectivity index (χ3n) is 2.63. The fourth-order valence-electron chi connectivity index (χ4n) is 1.58. The molecule has 0 aliphatic rings. The van der Waals surface area contributed by atoms with E-state index in [2.05, 4.69) is 6.58 Å². The molecule has 0 aromatic heterocycles. The van der Waals surface area contributed by atoms with Gasteiger partial charge in [-0.1, -0.05) is 12.2 Å². The summed E-state index contributed by atoms with van der Waals surface area (Å²) in [5, 5.41) is 0. The second kappa shape index (κ2) is 8.49. The number of carbonyl (C=O) groups excluding carboxylic acids is 2. The third-order valence-corrected chi connectivity index (χ3v) is 2.63. The molecule has 5 nitrogen and oxygen atoms in total. The lowest BCUT2D eigenvalue weighted by Gasteiger charge is -2.29. The van der Waals surface area contributed by atoms with E-state index in [9.17, 15) is 9.59 Å². The van der Waals surface area contributed by atoms with Gasteiger partial charge in [0.05, 0.1) is 12.6 Å². The van der Waals surface area contributed by atoms with Crippen molar-refractivity contribution in [2.75, 3.05) is 13.7 Å². The van der Waals surface area contributed by atoms with E-state index in [0.29, 0.717) is 18.6 Å². The molecule has 21 heavy (non-hydrogen) atoms. The number of hydrogen-bond acceptors (Lipinski definition) is 4. The summed E-state index contributed by atoms with van der Waals surface area (Å²) in [5.41, 5.74) is -0.108. The van der Waals surface area contributed by atoms with Crippen LogP contribution in [0.2, 0.25) is 0 Å². The van der Waals surface area contributed by atoms with Gasteiger partial charge in [-0.15, -0.1) is 6.58 Å². The maximum Gasteiger partial charge on any atom is 0.410 e. The Labute approximate surface area is 127 Å². The van der Waals surface area contributed by atoms with Crippen LogP contribution in [0.15, 0.2) is 24.3 Å². The van der Waals surface area contributed by atoms with Crippen LogP contribution in [0.1, 0.15) is 41.0 Å². The predicted molar refractivity (Wildman–Crippen MR) is 83.0 cm³/mol. The summed E-state index contributed by atoms with van der Waals surface area (Å²) in [6, 6.07) is -0.304. The maximum atomic E-state index is 12.1. The fraction of sp³-hybridized carbons (Fsp3) is 0.625. The first-order valence-corrected chi connectivity index (χ1v) is 7.04. The molecule has 0 radical (unpaired) electrons. The molecule has 0 saturated carbocycles. The molecule has 5 heteroatoms. The van der Waals surface area contributed by atoms with E-state index in [1.165, 1.54) is 4.90 Å². The van der Waals surface area contributed by atoms with E-state index in [1.807, 2.05) is 0 Å². The summed E-state index contributed by atoms with van der Waals surface area (Å²) < 4.78 is 10.3. The molecule has 1 amide bonds. The van der Waals surface area contributed by atoms with Crippen molar-refractivity contribution in [3.05, 3.63) is 24.3 Å². The van der Waals surface area contributed by atoms with Gasteiger partial charge in [0.2, 0.25) is 0 Å². The van der Waals surface area contributed by atoms with E-state index in [1.54, 1.807) is 53.8 Å². The Morgan fingerprint density at radius 2 is 1.90 bits per heavy atom. The van der Waals surface area contributed by atoms with Gasteiger partial charge in [0.1, 0.15) is 5.60 Å². The Bertz CT molecular complexity index is 407. The zero-order chi connectivity index (χ0) is 16.6. The number of nitrogens with zero attached hydrogens (tertiary/aromatic N) is 1. The number of hydrogen-bond donors (Lipinski definition) is 0. The zero-order valence-electron chi connectivity index (χ0n) is 13.9. The molecule has 0 heterocycles. The van der Waals surface area contributed by atoms with Gasteiger partial charge >= 0.3 is 12.1 Å². The Morgan fingerprint density at radius 3 is 2.33 bits per heavy atom. The number of carbonyl (C=O) groups is 2. The van der Waals surface area contributed by atoms with Crippen molar-refractivity contribution in [2.24, 2.45) is 0 Å². The first-order chi connectivity index (χ1) is 9.62. The highest BCUT2D eigenvalue weighted by Gasteiger charge is 2.24. The molecule has 0 rings (SSSR count). The topological polar surface area (TPSA) is 55.8 Å². The number of likely N-dealkylation sites (N-methyl/N-ethyl adjacent to an activating group) is 1. The zero-order valence-corrected chi connectivity index (χ0v) is 13.9. The molecular weight excluding hydrogens is 270 g/mol. The molecule has 0 aliphatic carbocycles. The fourth-order valence-corrected chi connectivity index (χ4v) is 1.58. The van der Waals surface area contributed by atoms with Crippen molar-refractivity contribution < 1.29 is 19.1 Å². The molecule has 1 atom stereocenters. The Balaban J connectivity index is 5.04. The van der Waals surface area contributed by atoms with Crippen LogP contribution in [0, 0.1) is 0 Å². The summed E-state index contributed by atoms with van der Waals surface area (Å²) in [6.45, 7) is 12.8. The van der Waals surface area contributed by atoms with Gasteiger partial charge in [-0.2, -0.15) is 0 Å². The number of esters is 1. The lowest BCUT2D eigenvalue weighted by atomic mass is 10.1. The van der Waals surface area contributed by atoms with Crippen LogP contribution in [0.4, 0.5) is 4.79 Å². The van der Waals surface area contributed by atoms with Crippen LogP contribution in [0.3, 0.4) is 0 Å². The third kappa shape index (κ3) is 7.54. The molecule has 0 fully saturated rings. The lowest BCUT2D eigenvalue weighted by molar-refractivity contribution is -0.138. The average Bonchev–Trinajstić information content (AvgIpc) is 2.35. The van der Waals surface area contributed by atoms with Crippen molar-refractivity contribution in [3.63, 3.8) is 0 Å². The van der Waals surface area contributed by atoms with Crippen molar-refractivity contribution >= 4 is 12.1 Å². The minimum Gasteiger partial charge on any atom is -0.463 e. The van der Waals surface area contributed by atoms with Crippen molar-refractivity contribution in [2.45, 2.75) is 52.7 Å². The molecule has 0 aliphatic heterocycles. The second-order valence-corrected chi connectivity index (χ2v) is 5.75.